The van der Waals surface area contributed by atoms with Crippen LogP contribution in [-0.2, 0) is 10.5 Å². The molecule has 0 saturated carbocycles. The molecule has 24 heavy (non-hydrogen) atoms. The van der Waals surface area contributed by atoms with Crippen LogP contribution in [0.25, 0.3) is 6.08 Å². The Hall–Kier alpha value is -1.86. The third-order valence-corrected chi connectivity index (χ3v) is 4.69. The molecule has 128 valence electrons. The number of rotatable bonds is 9. The van der Waals surface area contributed by atoms with Gasteiger partial charge in [0.25, 0.3) is 0 Å². The van der Waals surface area contributed by atoms with Gasteiger partial charge in [-0.05, 0) is 46.2 Å². The maximum atomic E-state index is 12.0. The van der Waals surface area contributed by atoms with Crippen LogP contribution >= 0.6 is 23.1 Å². The molecule has 1 aromatic carbocycles. The van der Waals surface area contributed by atoms with E-state index in [1.165, 1.54) is 23.8 Å². The van der Waals surface area contributed by atoms with Crippen LogP contribution < -0.4 is 10.1 Å². The second-order valence-electron chi connectivity index (χ2n) is 4.76. The maximum absolute atomic E-state index is 12.0. The van der Waals surface area contributed by atoms with Crippen LogP contribution in [0.2, 0.25) is 0 Å². The van der Waals surface area contributed by atoms with Crippen molar-refractivity contribution in [2.45, 2.75) is 12.4 Å². The van der Waals surface area contributed by atoms with Gasteiger partial charge < -0.3 is 10.1 Å². The van der Waals surface area contributed by atoms with Crippen molar-refractivity contribution < 1.29 is 18.3 Å². The smallest absolute Gasteiger partial charge is 0.387 e. The molecule has 3 nitrogen and oxygen atoms in total. The first kappa shape index (κ1) is 18.5. The SMILES string of the molecule is O=C(/C=C/c1ccc(OC(F)F)cc1)NCCSCc1ccsc1. The molecule has 0 radical (unpaired) electrons. The van der Waals surface area contributed by atoms with Crippen LogP contribution in [0.3, 0.4) is 0 Å². The van der Waals surface area contributed by atoms with Crippen molar-refractivity contribution in [2.75, 3.05) is 12.3 Å². The van der Waals surface area contributed by atoms with Crippen LogP contribution in [0, 0.1) is 0 Å². The fourth-order valence-corrected chi connectivity index (χ4v) is 3.38. The van der Waals surface area contributed by atoms with Gasteiger partial charge >= 0.3 is 6.61 Å². The molecule has 0 bridgehead atoms. The monoisotopic (exact) mass is 369 g/mol. The van der Waals surface area contributed by atoms with Crippen molar-refractivity contribution in [1.82, 2.24) is 5.32 Å². The number of carbonyl (C=O) groups excluding carboxylic acids is 1. The van der Waals surface area contributed by atoms with Crippen molar-refractivity contribution >= 4 is 35.1 Å². The molecule has 2 aromatic rings. The lowest BCUT2D eigenvalue weighted by molar-refractivity contribution is -0.116. The van der Waals surface area contributed by atoms with Gasteiger partial charge in [-0.1, -0.05) is 12.1 Å². The van der Waals surface area contributed by atoms with Crippen molar-refractivity contribution in [2.24, 2.45) is 0 Å². The summed E-state index contributed by atoms with van der Waals surface area (Å²) in [4.78, 5) is 11.7. The Balaban J connectivity index is 1.65. The molecule has 0 aliphatic rings. The Morgan fingerprint density at radius 2 is 2.08 bits per heavy atom. The fourth-order valence-electron chi connectivity index (χ4n) is 1.80. The number of nitrogens with one attached hydrogen (secondary N) is 1. The van der Waals surface area contributed by atoms with Gasteiger partial charge in [-0.3, -0.25) is 4.79 Å². The lowest BCUT2D eigenvalue weighted by atomic mass is 10.2. The van der Waals surface area contributed by atoms with Gasteiger partial charge in [0.2, 0.25) is 5.91 Å². The van der Waals surface area contributed by atoms with Crippen LogP contribution in [0.15, 0.2) is 47.2 Å². The highest BCUT2D eigenvalue weighted by molar-refractivity contribution is 7.98. The lowest BCUT2D eigenvalue weighted by Crippen LogP contribution is -2.23. The zero-order valence-corrected chi connectivity index (χ0v) is 14.4. The Labute approximate surface area is 147 Å². The maximum Gasteiger partial charge on any atom is 0.387 e. The van der Waals surface area contributed by atoms with Gasteiger partial charge in [0.15, 0.2) is 0 Å². The quantitative estimate of drug-likeness (QED) is 0.525. The Morgan fingerprint density at radius 3 is 2.75 bits per heavy atom. The van der Waals surface area contributed by atoms with E-state index in [9.17, 15) is 13.6 Å². The van der Waals surface area contributed by atoms with Gasteiger partial charge in [-0.2, -0.15) is 31.9 Å². The molecule has 0 atom stereocenters. The largest absolute Gasteiger partial charge is 0.435 e. The highest BCUT2D eigenvalue weighted by atomic mass is 32.2. The minimum absolute atomic E-state index is 0.0919. The van der Waals surface area contributed by atoms with Crippen molar-refractivity contribution in [1.29, 1.82) is 0 Å². The summed E-state index contributed by atoms with van der Waals surface area (Å²) >= 11 is 3.45. The minimum Gasteiger partial charge on any atom is -0.435 e. The summed E-state index contributed by atoms with van der Waals surface area (Å²) in [6.07, 6.45) is 3.05. The van der Waals surface area contributed by atoms with E-state index < -0.39 is 6.61 Å². The first-order valence-corrected chi connectivity index (χ1v) is 9.33. The number of amides is 1. The van der Waals surface area contributed by atoms with Crippen molar-refractivity contribution in [3.63, 3.8) is 0 Å². The number of halogens is 2. The van der Waals surface area contributed by atoms with Crippen molar-refractivity contribution in [3.05, 3.63) is 58.3 Å². The zero-order valence-electron chi connectivity index (χ0n) is 12.8. The molecule has 0 saturated heterocycles. The molecule has 1 amide bonds. The number of benzene rings is 1. The number of ether oxygens (including phenoxy) is 1. The highest BCUT2D eigenvalue weighted by Crippen LogP contribution is 2.16. The average molecular weight is 369 g/mol. The third-order valence-electron chi connectivity index (χ3n) is 2.93. The molecular weight excluding hydrogens is 352 g/mol. The molecule has 0 fully saturated rings. The molecule has 0 spiro atoms. The number of hydrogen-bond acceptors (Lipinski definition) is 4. The minimum atomic E-state index is -2.84. The molecular formula is C17H17F2NO2S2. The number of thiophene rings is 1. The van der Waals surface area contributed by atoms with Gasteiger partial charge in [0.1, 0.15) is 5.75 Å². The van der Waals surface area contributed by atoms with Gasteiger partial charge in [-0.25, -0.2) is 0 Å². The molecule has 0 aliphatic carbocycles. The van der Waals surface area contributed by atoms with E-state index in [0.717, 1.165) is 17.1 Å². The van der Waals surface area contributed by atoms with E-state index >= 15 is 0 Å². The normalized spacial score (nSPS) is 11.1. The first-order chi connectivity index (χ1) is 11.6. The highest BCUT2D eigenvalue weighted by Gasteiger charge is 2.03. The molecule has 1 N–H and O–H groups in total. The van der Waals surface area contributed by atoms with Gasteiger partial charge in [0.05, 0.1) is 0 Å². The Morgan fingerprint density at radius 1 is 1.29 bits per heavy atom. The summed E-state index contributed by atoms with van der Waals surface area (Å²) in [6.45, 7) is -2.24. The van der Waals surface area contributed by atoms with E-state index in [1.54, 1.807) is 41.3 Å². The van der Waals surface area contributed by atoms with E-state index in [1.807, 2.05) is 0 Å². The summed E-state index contributed by atoms with van der Waals surface area (Å²) in [5.41, 5.74) is 2.04. The van der Waals surface area contributed by atoms with Crippen LogP contribution in [0.1, 0.15) is 11.1 Å². The lowest BCUT2D eigenvalue weighted by Gasteiger charge is -2.04. The standard InChI is InChI=1S/C17H17F2NO2S2/c18-17(19)22-15-4-1-13(2-5-15)3-6-16(21)20-8-10-24-12-14-7-9-23-11-14/h1-7,9,11,17H,8,10,12H2,(H,20,21)/b6-3+. The van der Waals surface area contributed by atoms with Crippen LogP contribution in [0.5, 0.6) is 5.75 Å². The zero-order chi connectivity index (χ0) is 17.2. The topological polar surface area (TPSA) is 38.3 Å². The van der Waals surface area contributed by atoms with E-state index in [2.05, 4.69) is 26.9 Å². The summed E-state index contributed by atoms with van der Waals surface area (Å²) in [5, 5.41) is 6.97. The summed E-state index contributed by atoms with van der Waals surface area (Å²) < 4.78 is 28.3. The fraction of sp³-hybridized carbons (Fsp3) is 0.235. The molecule has 1 heterocycles. The van der Waals surface area contributed by atoms with E-state index in [4.69, 9.17) is 0 Å². The average Bonchev–Trinajstić information content (AvgIpc) is 3.07. The predicted molar refractivity (Wildman–Crippen MR) is 95.6 cm³/mol. The van der Waals surface area contributed by atoms with Crippen LogP contribution in [-0.4, -0.2) is 24.8 Å². The van der Waals surface area contributed by atoms with Crippen molar-refractivity contribution in [3.8, 4) is 5.75 Å². The summed E-state index contributed by atoms with van der Waals surface area (Å²) in [6, 6.07) is 8.18. The number of carbonyl (C=O) groups is 1. The molecule has 2 rings (SSSR count). The van der Waals surface area contributed by atoms with Gasteiger partial charge in [-0.15, -0.1) is 0 Å². The number of hydrogen-bond donors (Lipinski definition) is 1. The Bertz CT molecular complexity index is 643. The molecule has 1 aromatic heterocycles. The van der Waals surface area contributed by atoms with Gasteiger partial charge in [0, 0.05) is 24.1 Å². The summed E-state index contributed by atoms with van der Waals surface area (Å²) in [5.74, 6) is 1.70. The van der Waals surface area contributed by atoms with Crippen LogP contribution in [0.4, 0.5) is 8.78 Å². The third kappa shape index (κ3) is 7.14. The molecule has 0 aliphatic heterocycles. The number of thioether (sulfide) groups is 1. The predicted octanol–water partition coefficient (Wildman–Crippen LogP) is 4.41. The summed E-state index contributed by atoms with van der Waals surface area (Å²) in [7, 11) is 0. The number of alkyl halides is 2. The second-order valence-corrected chi connectivity index (χ2v) is 6.64. The second kappa shape index (κ2) is 10.1. The Kier molecular flexibility index (Phi) is 7.77. The first-order valence-electron chi connectivity index (χ1n) is 7.23. The van der Waals surface area contributed by atoms with E-state index in [0.29, 0.717) is 6.54 Å². The van der Waals surface area contributed by atoms with E-state index in [-0.39, 0.29) is 11.7 Å². The molecule has 7 heteroatoms. The molecule has 0 unspecified atom stereocenters.